The van der Waals surface area contributed by atoms with Crippen LogP contribution in [0.15, 0.2) is 24.3 Å². The number of nitrogen functional groups attached to an aromatic ring is 2. The Kier molecular flexibility index (Phi) is 1.86. The van der Waals surface area contributed by atoms with E-state index in [0.717, 1.165) is 10.6 Å². The Labute approximate surface area is 79.2 Å². The van der Waals surface area contributed by atoms with E-state index >= 15 is 0 Å². The Morgan fingerprint density at radius 1 is 1.08 bits per heavy atom. The summed E-state index contributed by atoms with van der Waals surface area (Å²) in [4.78, 5) is 0. The smallest absolute Gasteiger partial charge is 0.203 e. The lowest BCUT2D eigenvalue weighted by atomic mass is 10.2. The molecule has 1 heterocycles. The van der Waals surface area contributed by atoms with Crippen molar-refractivity contribution in [3.8, 4) is 10.6 Å². The van der Waals surface area contributed by atoms with E-state index in [1.807, 2.05) is 24.3 Å². The fourth-order valence-corrected chi connectivity index (χ4v) is 1.69. The molecule has 4 N–H and O–H groups in total. The van der Waals surface area contributed by atoms with E-state index in [1.54, 1.807) is 0 Å². The summed E-state index contributed by atoms with van der Waals surface area (Å²) in [6.45, 7) is 0. The van der Waals surface area contributed by atoms with Gasteiger partial charge >= 0.3 is 0 Å². The molecule has 4 nitrogen and oxygen atoms in total. The van der Waals surface area contributed by atoms with Crippen molar-refractivity contribution >= 4 is 22.2 Å². The number of benzene rings is 1. The normalized spacial score (nSPS) is 10.2. The van der Waals surface area contributed by atoms with Crippen molar-refractivity contribution in [3.63, 3.8) is 0 Å². The first-order chi connectivity index (χ1) is 6.27. The standard InChI is InChI=1S/C8H8N4S/c9-6-4-2-1-3-5(6)7-11-12-8(10)13-7/h1-4H,9H2,(H2,10,12). The highest BCUT2D eigenvalue weighted by atomic mass is 32.1. The highest BCUT2D eigenvalue weighted by Crippen LogP contribution is 2.28. The highest BCUT2D eigenvalue weighted by molar-refractivity contribution is 7.18. The van der Waals surface area contributed by atoms with E-state index < -0.39 is 0 Å². The number of hydrogen-bond acceptors (Lipinski definition) is 5. The summed E-state index contributed by atoms with van der Waals surface area (Å²) >= 11 is 1.33. The van der Waals surface area contributed by atoms with Crippen LogP contribution in [-0.2, 0) is 0 Å². The van der Waals surface area contributed by atoms with Gasteiger partial charge in [0.05, 0.1) is 0 Å². The molecule has 2 aromatic rings. The lowest BCUT2D eigenvalue weighted by molar-refractivity contribution is 1.10. The molecule has 0 saturated carbocycles. The zero-order valence-corrected chi connectivity index (χ0v) is 7.58. The fourth-order valence-electron chi connectivity index (χ4n) is 1.04. The Hall–Kier alpha value is -1.62. The van der Waals surface area contributed by atoms with Crippen LogP contribution in [0.2, 0.25) is 0 Å². The third-order valence-corrected chi connectivity index (χ3v) is 2.42. The maximum atomic E-state index is 5.76. The zero-order valence-electron chi connectivity index (χ0n) is 6.77. The maximum Gasteiger partial charge on any atom is 0.203 e. The molecule has 13 heavy (non-hydrogen) atoms. The van der Waals surface area contributed by atoms with Crippen molar-refractivity contribution in [1.29, 1.82) is 0 Å². The summed E-state index contributed by atoms with van der Waals surface area (Å²) < 4.78 is 0. The second kappa shape index (κ2) is 3.02. The first kappa shape index (κ1) is 8.00. The number of anilines is 2. The molecule has 2 rings (SSSR count). The number of aromatic nitrogens is 2. The minimum atomic E-state index is 0.457. The van der Waals surface area contributed by atoms with Gasteiger partial charge in [-0.05, 0) is 12.1 Å². The molecule has 0 unspecified atom stereocenters. The molecule has 0 aliphatic rings. The van der Waals surface area contributed by atoms with E-state index in [4.69, 9.17) is 11.5 Å². The summed E-state index contributed by atoms with van der Waals surface area (Å²) in [7, 11) is 0. The van der Waals surface area contributed by atoms with Gasteiger partial charge in [0.15, 0.2) is 5.01 Å². The van der Waals surface area contributed by atoms with Crippen LogP contribution in [0, 0.1) is 0 Å². The van der Waals surface area contributed by atoms with E-state index in [0.29, 0.717) is 10.8 Å². The molecule has 0 saturated heterocycles. The molecule has 0 fully saturated rings. The number of nitrogens with zero attached hydrogens (tertiary/aromatic N) is 2. The van der Waals surface area contributed by atoms with Crippen LogP contribution in [0.1, 0.15) is 0 Å². The molecular formula is C8H8N4S. The Bertz CT molecular complexity index is 424. The molecule has 0 aliphatic heterocycles. The lowest BCUT2D eigenvalue weighted by Crippen LogP contribution is -1.88. The molecule has 0 amide bonds. The minimum absolute atomic E-state index is 0.457. The molecule has 1 aromatic carbocycles. The lowest BCUT2D eigenvalue weighted by Gasteiger charge is -1.98. The van der Waals surface area contributed by atoms with Crippen molar-refractivity contribution in [3.05, 3.63) is 24.3 Å². The van der Waals surface area contributed by atoms with Crippen LogP contribution >= 0.6 is 11.3 Å². The van der Waals surface area contributed by atoms with Gasteiger partial charge in [0.25, 0.3) is 0 Å². The van der Waals surface area contributed by atoms with Crippen molar-refractivity contribution in [2.24, 2.45) is 0 Å². The Morgan fingerprint density at radius 2 is 1.85 bits per heavy atom. The van der Waals surface area contributed by atoms with E-state index in [-0.39, 0.29) is 0 Å². The van der Waals surface area contributed by atoms with Crippen molar-refractivity contribution in [2.75, 3.05) is 11.5 Å². The first-order valence-electron chi connectivity index (χ1n) is 3.71. The van der Waals surface area contributed by atoms with Gasteiger partial charge in [-0.15, -0.1) is 10.2 Å². The van der Waals surface area contributed by atoms with E-state index in [2.05, 4.69) is 10.2 Å². The monoisotopic (exact) mass is 192 g/mol. The van der Waals surface area contributed by atoms with Gasteiger partial charge in [-0.25, -0.2) is 0 Å². The molecular weight excluding hydrogens is 184 g/mol. The second-order valence-corrected chi connectivity index (χ2v) is 3.54. The summed E-state index contributed by atoms with van der Waals surface area (Å²) in [5.41, 5.74) is 12.8. The molecule has 5 heteroatoms. The summed E-state index contributed by atoms with van der Waals surface area (Å²) in [5, 5.41) is 8.85. The van der Waals surface area contributed by atoms with E-state index in [9.17, 15) is 0 Å². The van der Waals surface area contributed by atoms with Gasteiger partial charge in [0.2, 0.25) is 5.13 Å². The Morgan fingerprint density at radius 3 is 2.46 bits per heavy atom. The number of para-hydroxylation sites is 1. The van der Waals surface area contributed by atoms with Crippen LogP contribution in [0.25, 0.3) is 10.6 Å². The molecule has 1 aromatic heterocycles. The van der Waals surface area contributed by atoms with Gasteiger partial charge in [-0.2, -0.15) is 0 Å². The van der Waals surface area contributed by atoms with Gasteiger partial charge in [-0.1, -0.05) is 23.5 Å². The van der Waals surface area contributed by atoms with Gasteiger partial charge in [0, 0.05) is 11.3 Å². The SMILES string of the molecule is Nc1nnc(-c2ccccc2N)s1. The van der Waals surface area contributed by atoms with Crippen LogP contribution in [0.4, 0.5) is 10.8 Å². The minimum Gasteiger partial charge on any atom is -0.398 e. The second-order valence-electron chi connectivity index (χ2n) is 2.53. The average molecular weight is 192 g/mol. The van der Waals surface area contributed by atoms with Gasteiger partial charge in [-0.3, -0.25) is 0 Å². The highest BCUT2D eigenvalue weighted by Gasteiger charge is 2.06. The van der Waals surface area contributed by atoms with Crippen LogP contribution in [-0.4, -0.2) is 10.2 Å². The van der Waals surface area contributed by atoms with Crippen LogP contribution in [0.3, 0.4) is 0 Å². The Balaban J connectivity index is 2.52. The summed E-state index contributed by atoms with van der Waals surface area (Å²) in [5.74, 6) is 0. The summed E-state index contributed by atoms with van der Waals surface area (Å²) in [6.07, 6.45) is 0. The van der Waals surface area contributed by atoms with Crippen molar-refractivity contribution < 1.29 is 0 Å². The maximum absolute atomic E-state index is 5.76. The largest absolute Gasteiger partial charge is 0.398 e. The van der Waals surface area contributed by atoms with Crippen LogP contribution in [0.5, 0.6) is 0 Å². The predicted octanol–water partition coefficient (Wildman–Crippen LogP) is 1.37. The zero-order chi connectivity index (χ0) is 9.26. The third kappa shape index (κ3) is 1.46. The summed E-state index contributed by atoms with van der Waals surface area (Å²) in [6, 6.07) is 7.51. The average Bonchev–Trinajstić information content (AvgIpc) is 2.53. The number of rotatable bonds is 1. The quantitative estimate of drug-likeness (QED) is 0.669. The third-order valence-electron chi connectivity index (χ3n) is 1.63. The van der Waals surface area contributed by atoms with Crippen molar-refractivity contribution in [2.45, 2.75) is 0 Å². The van der Waals surface area contributed by atoms with Crippen molar-refractivity contribution in [1.82, 2.24) is 10.2 Å². The first-order valence-corrected chi connectivity index (χ1v) is 4.53. The number of hydrogen-bond donors (Lipinski definition) is 2. The van der Waals surface area contributed by atoms with Gasteiger partial charge in [0.1, 0.15) is 0 Å². The molecule has 0 spiro atoms. The molecule has 66 valence electrons. The molecule has 0 bridgehead atoms. The number of nitrogens with two attached hydrogens (primary N) is 2. The molecule has 0 atom stereocenters. The van der Waals surface area contributed by atoms with E-state index in [1.165, 1.54) is 11.3 Å². The fraction of sp³-hybridized carbons (Fsp3) is 0. The topological polar surface area (TPSA) is 77.8 Å². The van der Waals surface area contributed by atoms with Crippen LogP contribution < -0.4 is 11.5 Å². The predicted molar refractivity (Wildman–Crippen MR) is 54.2 cm³/mol. The van der Waals surface area contributed by atoms with Gasteiger partial charge < -0.3 is 11.5 Å². The molecule has 0 aliphatic carbocycles. The molecule has 0 radical (unpaired) electrons.